The first kappa shape index (κ1) is 38.2. The lowest BCUT2D eigenvalue weighted by molar-refractivity contribution is -0.124. The zero-order valence-electron chi connectivity index (χ0n) is 28.8. The molecule has 0 aliphatic heterocycles. The molecule has 0 aliphatic carbocycles. The number of nitrogens with one attached hydrogen (secondary N) is 3. The minimum Gasteiger partial charge on any atom is -0.444 e. The standard InChI is InChI=1S/C37H46N6O5S2/c1-5-12-33-39-29(23-49-33)21-43(4)36(46)42-34(25(2)3)35(45)40-28(17-26-13-8-6-9-14-26)19-32(44)31(18-27-15-10-7-11-16-27)41-37(47)48-22-30-20-38-24-50-30/h5-16,20,23-25,28,31-32,34,44H,17-19,21-22H2,1-4H3,(H,40,45)(H,41,47)(H,42,46)/t28-,31-,32-,34-/m0/s1. The first-order chi connectivity index (χ1) is 24.1. The molecule has 2 aromatic heterocycles. The van der Waals surface area contributed by atoms with Crippen LogP contribution in [0, 0.1) is 5.92 Å². The van der Waals surface area contributed by atoms with Crippen molar-refractivity contribution in [3.8, 4) is 0 Å². The van der Waals surface area contributed by atoms with Crippen LogP contribution in [0.1, 0.15) is 53.9 Å². The minimum absolute atomic E-state index is 0.0653. The molecule has 4 aromatic rings. The highest BCUT2D eigenvalue weighted by Crippen LogP contribution is 2.17. The molecule has 0 radical (unpaired) electrons. The Morgan fingerprint density at radius 2 is 1.64 bits per heavy atom. The average Bonchev–Trinajstić information content (AvgIpc) is 3.79. The average molecular weight is 719 g/mol. The maximum absolute atomic E-state index is 13.9. The van der Waals surface area contributed by atoms with Crippen LogP contribution in [0.4, 0.5) is 9.59 Å². The van der Waals surface area contributed by atoms with Crippen molar-refractivity contribution in [1.29, 1.82) is 0 Å². The van der Waals surface area contributed by atoms with Crippen molar-refractivity contribution >= 4 is 46.8 Å². The zero-order valence-corrected chi connectivity index (χ0v) is 30.5. The fraction of sp³-hybridized carbons (Fsp3) is 0.378. The molecule has 0 bridgehead atoms. The van der Waals surface area contributed by atoms with E-state index in [-0.39, 0.29) is 31.4 Å². The van der Waals surface area contributed by atoms with Gasteiger partial charge in [0.2, 0.25) is 5.91 Å². The first-order valence-corrected chi connectivity index (χ1v) is 18.3. The van der Waals surface area contributed by atoms with Crippen molar-refractivity contribution in [3.63, 3.8) is 0 Å². The number of hydrogen-bond acceptors (Lipinski definition) is 9. The van der Waals surface area contributed by atoms with Crippen molar-refractivity contribution in [2.24, 2.45) is 5.92 Å². The number of aliphatic hydroxyl groups is 1. The maximum Gasteiger partial charge on any atom is 0.407 e. The van der Waals surface area contributed by atoms with E-state index in [0.717, 1.165) is 26.7 Å². The lowest BCUT2D eigenvalue weighted by Crippen LogP contribution is -2.55. The van der Waals surface area contributed by atoms with Gasteiger partial charge in [0.1, 0.15) is 17.7 Å². The third-order valence-corrected chi connectivity index (χ3v) is 9.56. The summed E-state index contributed by atoms with van der Waals surface area (Å²) in [4.78, 5) is 50.8. The molecule has 266 valence electrons. The molecule has 0 spiro atoms. The molecule has 4 N–H and O–H groups in total. The van der Waals surface area contributed by atoms with E-state index < -0.39 is 36.4 Å². The van der Waals surface area contributed by atoms with E-state index in [9.17, 15) is 19.5 Å². The highest BCUT2D eigenvalue weighted by Gasteiger charge is 2.31. The van der Waals surface area contributed by atoms with Crippen LogP contribution in [-0.2, 0) is 35.5 Å². The number of carbonyl (C=O) groups is 3. The Balaban J connectivity index is 1.46. The fourth-order valence-electron chi connectivity index (χ4n) is 5.34. The quantitative estimate of drug-likeness (QED) is 0.108. The summed E-state index contributed by atoms with van der Waals surface area (Å²) in [5.41, 5.74) is 4.31. The normalized spacial score (nSPS) is 13.7. The van der Waals surface area contributed by atoms with Gasteiger partial charge in [-0.3, -0.25) is 9.78 Å². The van der Waals surface area contributed by atoms with Gasteiger partial charge in [0.25, 0.3) is 0 Å². The van der Waals surface area contributed by atoms with E-state index in [1.807, 2.05) is 99.0 Å². The molecule has 4 rings (SSSR count). The Hall–Kier alpha value is -4.59. The number of carbonyl (C=O) groups excluding carboxylic acids is 3. The SMILES string of the molecule is CC=Cc1nc(CN(C)C(=O)N[C@H](C(=O)N[C@@H](Cc2ccccc2)C[C@H](O)[C@H](Cc2ccccc2)NC(=O)OCc2cncs2)C(C)C)cs1. The number of urea groups is 1. The van der Waals surface area contributed by atoms with Gasteiger partial charge < -0.3 is 30.7 Å². The van der Waals surface area contributed by atoms with Crippen LogP contribution in [0.2, 0.25) is 0 Å². The number of ether oxygens (including phenoxy) is 1. The zero-order chi connectivity index (χ0) is 35.9. The molecule has 0 aliphatic rings. The molecule has 0 saturated carbocycles. The topological polar surface area (TPSA) is 146 Å². The lowest BCUT2D eigenvalue weighted by atomic mass is 9.93. The highest BCUT2D eigenvalue weighted by atomic mass is 32.1. The summed E-state index contributed by atoms with van der Waals surface area (Å²) in [5, 5.41) is 23.3. The number of nitrogens with zero attached hydrogens (tertiary/aromatic N) is 3. The number of allylic oxidation sites excluding steroid dienone is 1. The van der Waals surface area contributed by atoms with E-state index in [1.54, 1.807) is 18.8 Å². The van der Waals surface area contributed by atoms with Crippen LogP contribution in [-0.4, -0.2) is 69.3 Å². The summed E-state index contributed by atoms with van der Waals surface area (Å²) in [6.07, 6.45) is 4.64. The second-order valence-corrected chi connectivity index (χ2v) is 14.2. The summed E-state index contributed by atoms with van der Waals surface area (Å²) in [5.74, 6) is -0.591. The van der Waals surface area contributed by atoms with Gasteiger partial charge in [0.15, 0.2) is 0 Å². The lowest BCUT2D eigenvalue weighted by Gasteiger charge is -2.30. The molecule has 2 aromatic carbocycles. The van der Waals surface area contributed by atoms with Gasteiger partial charge in [-0.25, -0.2) is 14.6 Å². The predicted molar refractivity (Wildman–Crippen MR) is 198 cm³/mol. The number of aromatic nitrogens is 2. The van der Waals surface area contributed by atoms with E-state index in [0.29, 0.717) is 12.8 Å². The smallest absolute Gasteiger partial charge is 0.407 e. The van der Waals surface area contributed by atoms with Gasteiger partial charge >= 0.3 is 12.1 Å². The predicted octanol–water partition coefficient (Wildman–Crippen LogP) is 5.81. The van der Waals surface area contributed by atoms with Crippen LogP contribution < -0.4 is 16.0 Å². The Morgan fingerprint density at radius 1 is 0.960 bits per heavy atom. The summed E-state index contributed by atoms with van der Waals surface area (Å²) < 4.78 is 5.42. The third-order valence-electron chi connectivity index (χ3n) is 7.95. The third kappa shape index (κ3) is 12.4. The molecule has 0 saturated heterocycles. The number of alkyl carbamates (subject to hydrolysis) is 1. The number of rotatable bonds is 17. The highest BCUT2D eigenvalue weighted by molar-refractivity contribution is 7.10. The minimum atomic E-state index is -1.05. The van der Waals surface area contributed by atoms with Crippen molar-refractivity contribution in [2.45, 2.75) is 77.4 Å². The molecule has 0 fully saturated rings. The number of amides is 4. The van der Waals surface area contributed by atoms with Gasteiger partial charge in [-0.2, -0.15) is 0 Å². The molecule has 0 unspecified atom stereocenters. The number of hydrogen-bond donors (Lipinski definition) is 4. The van der Waals surface area contributed by atoms with Gasteiger partial charge in [-0.1, -0.05) is 80.6 Å². The van der Waals surface area contributed by atoms with Crippen molar-refractivity contribution in [1.82, 2.24) is 30.8 Å². The Morgan fingerprint density at radius 3 is 2.26 bits per heavy atom. The maximum atomic E-state index is 13.9. The van der Waals surface area contributed by atoms with Gasteiger partial charge in [0, 0.05) is 24.7 Å². The van der Waals surface area contributed by atoms with E-state index in [1.165, 1.54) is 27.6 Å². The Labute approximate surface area is 301 Å². The van der Waals surface area contributed by atoms with Crippen LogP contribution in [0.3, 0.4) is 0 Å². The van der Waals surface area contributed by atoms with Gasteiger partial charge in [-0.05, 0) is 49.3 Å². The Bertz CT molecular complexity index is 1650. The van der Waals surface area contributed by atoms with E-state index >= 15 is 0 Å². The number of benzene rings is 2. The van der Waals surface area contributed by atoms with Crippen LogP contribution >= 0.6 is 22.7 Å². The molecule has 11 nitrogen and oxygen atoms in total. The van der Waals surface area contributed by atoms with E-state index in [4.69, 9.17) is 4.74 Å². The van der Waals surface area contributed by atoms with Gasteiger partial charge in [-0.15, -0.1) is 22.7 Å². The summed E-state index contributed by atoms with van der Waals surface area (Å²) >= 11 is 2.88. The summed E-state index contributed by atoms with van der Waals surface area (Å²) in [6, 6.07) is 16.7. The summed E-state index contributed by atoms with van der Waals surface area (Å²) in [7, 11) is 1.66. The second kappa shape index (κ2) is 19.6. The largest absolute Gasteiger partial charge is 0.444 e. The molecule has 50 heavy (non-hydrogen) atoms. The first-order valence-electron chi connectivity index (χ1n) is 16.6. The Kier molecular flexibility index (Phi) is 15.0. The molecule has 2 heterocycles. The number of aliphatic hydroxyl groups excluding tert-OH is 1. The molecular weight excluding hydrogens is 673 g/mol. The fourth-order valence-corrected chi connectivity index (χ4v) is 6.61. The molecule has 13 heteroatoms. The molecule has 4 atom stereocenters. The van der Waals surface area contributed by atoms with Crippen molar-refractivity contribution in [2.75, 3.05) is 7.05 Å². The summed E-state index contributed by atoms with van der Waals surface area (Å²) in [6.45, 7) is 6.01. The molecular formula is C37H46N6O5S2. The van der Waals surface area contributed by atoms with Crippen LogP contribution in [0.25, 0.3) is 6.08 Å². The molecule has 4 amide bonds. The van der Waals surface area contributed by atoms with E-state index in [2.05, 4.69) is 25.9 Å². The number of thiazole rings is 2. The second-order valence-electron chi connectivity index (χ2n) is 12.4. The van der Waals surface area contributed by atoms with Crippen LogP contribution in [0.5, 0.6) is 0 Å². The van der Waals surface area contributed by atoms with Crippen LogP contribution in [0.15, 0.2) is 83.8 Å². The van der Waals surface area contributed by atoms with Crippen molar-refractivity contribution < 1.29 is 24.2 Å². The van der Waals surface area contributed by atoms with Crippen molar-refractivity contribution in [3.05, 3.63) is 111 Å². The van der Waals surface area contributed by atoms with Gasteiger partial charge in [0.05, 0.1) is 34.8 Å². The monoisotopic (exact) mass is 718 g/mol.